The monoisotopic (exact) mass is 376 g/mol. The highest BCUT2D eigenvalue weighted by molar-refractivity contribution is 5.37. The molecule has 2 fully saturated rings. The van der Waals surface area contributed by atoms with Gasteiger partial charge < -0.3 is 0 Å². The summed E-state index contributed by atoms with van der Waals surface area (Å²) in [5.41, 5.74) is 2.87. The maximum Gasteiger partial charge on any atom is 0.0560 e. The lowest BCUT2D eigenvalue weighted by molar-refractivity contribution is 0.254. The van der Waals surface area contributed by atoms with Crippen molar-refractivity contribution in [1.29, 1.82) is 0 Å². The van der Waals surface area contributed by atoms with Crippen LogP contribution in [-0.4, -0.2) is 0 Å². The third-order valence-corrected chi connectivity index (χ3v) is 7.91. The zero-order valence-electron chi connectivity index (χ0n) is 18.1. The van der Waals surface area contributed by atoms with Crippen LogP contribution >= 0.6 is 0 Å². The second-order valence-corrected chi connectivity index (χ2v) is 9.57. The molecular weight excluding hydrogens is 336 g/mol. The van der Waals surface area contributed by atoms with Crippen LogP contribution in [0.4, 0.5) is 0 Å². The molecule has 28 heavy (non-hydrogen) atoms. The fourth-order valence-corrected chi connectivity index (χ4v) is 5.62. The molecule has 0 heterocycles. The molecular formula is C28H40. The minimum atomic E-state index is -0.00593. The van der Waals surface area contributed by atoms with Gasteiger partial charge in [0, 0.05) is 0 Å². The summed E-state index contributed by atoms with van der Waals surface area (Å²) in [6.07, 6.45) is 25.2. The van der Waals surface area contributed by atoms with Gasteiger partial charge in [-0.25, -0.2) is 0 Å². The van der Waals surface area contributed by atoms with E-state index < -0.39 is 0 Å². The third kappa shape index (κ3) is 5.31. The number of aryl methyl sites for hydroxylation is 1. The first kappa shape index (κ1) is 21.2. The van der Waals surface area contributed by atoms with Gasteiger partial charge in [0.2, 0.25) is 0 Å². The molecule has 0 unspecified atom stereocenters. The summed E-state index contributed by atoms with van der Waals surface area (Å²) in [6, 6.07) is 9.40. The molecule has 2 aliphatic rings. The van der Waals surface area contributed by atoms with Gasteiger partial charge in [-0.3, -0.25) is 0 Å². The van der Waals surface area contributed by atoms with Gasteiger partial charge in [0.25, 0.3) is 0 Å². The van der Waals surface area contributed by atoms with E-state index in [1.807, 2.05) is 0 Å². The Hall–Kier alpha value is -1.48. The van der Waals surface area contributed by atoms with Gasteiger partial charge in [-0.05, 0) is 80.2 Å². The minimum absolute atomic E-state index is 0.00593. The highest BCUT2D eigenvalue weighted by Crippen LogP contribution is 2.42. The second kappa shape index (κ2) is 10.3. The molecule has 0 N–H and O–H groups in total. The predicted octanol–water partition coefficient (Wildman–Crippen LogP) is 7.86. The van der Waals surface area contributed by atoms with Crippen LogP contribution in [0.25, 0.3) is 0 Å². The van der Waals surface area contributed by atoms with Crippen molar-refractivity contribution in [3.8, 4) is 12.3 Å². The molecule has 0 heteroatoms. The van der Waals surface area contributed by atoms with Gasteiger partial charge in [-0.15, -0.1) is 13.0 Å². The predicted molar refractivity (Wildman–Crippen MR) is 122 cm³/mol. The molecule has 0 nitrogen and oxygen atoms in total. The first-order chi connectivity index (χ1) is 13.7. The average Bonchev–Trinajstić information content (AvgIpc) is 2.77. The number of benzene rings is 1. The molecule has 0 saturated heterocycles. The van der Waals surface area contributed by atoms with Gasteiger partial charge in [0.05, 0.1) is 5.41 Å². The summed E-state index contributed by atoms with van der Waals surface area (Å²) in [4.78, 5) is 0. The van der Waals surface area contributed by atoms with E-state index in [1.54, 1.807) is 0 Å². The Kier molecular flexibility index (Phi) is 7.84. The molecule has 3 rings (SSSR count). The molecule has 0 amide bonds. The Bertz CT molecular complexity index is 628. The van der Waals surface area contributed by atoms with E-state index in [0.717, 1.165) is 30.6 Å². The highest BCUT2D eigenvalue weighted by atomic mass is 14.4. The number of rotatable bonds is 8. The Balaban J connectivity index is 1.48. The van der Waals surface area contributed by atoms with Crippen molar-refractivity contribution in [3.63, 3.8) is 0 Å². The molecule has 0 spiro atoms. The molecule has 0 aromatic heterocycles. The number of hydrogen-bond donors (Lipinski definition) is 0. The fourth-order valence-electron chi connectivity index (χ4n) is 5.62. The van der Waals surface area contributed by atoms with Crippen LogP contribution in [0.2, 0.25) is 0 Å². The van der Waals surface area contributed by atoms with Crippen LogP contribution in [0, 0.1) is 30.1 Å². The minimum Gasteiger partial charge on any atom is -0.119 e. The van der Waals surface area contributed by atoms with E-state index in [-0.39, 0.29) is 5.41 Å². The van der Waals surface area contributed by atoms with Crippen LogP contribution < -0.4 is 0 Å². The number of allylic oxidation sites excluding steroid dienone is 1. The zero-order chi connectivity index (χ0) is 19.8. The van der Waals surface area contributed by atoms with Crippen LogP contribution in [0.1, 0.15) is 95.1 Å². The number of hydrogen-bond acceptors (Lipinski definition) is 0. The molecule has 0 bridgehead atoms. The first-order valence-electron chi connectivity index (χ1n) is 11.9. The maximum absolute atomic E-state index is 6.04. The highest BCUT2D eigenvalue weighted by Gasteiger charge is 2.34. The molecule has 0 aliphatic heterocycles. The van der Waals surface area contributed by atoms with Gasteiger partial charge in [-0.1, -0.05) is 75.3 Å². The Morgan fingerprint density at radius 3 is 2.11 bits per heavy atom. The van der Waals surface area contributed by atoms with Crippen molar-refractivity contribution in [2.45, 2.75) is 95.8 Å². The SMILES string of the molecule is C#CC1(c2ccc(CC[C@H]3CC[C@H](CCC=C)CC3)cc2)CCC(CC)CC1. The van der Waals surface area contributed by atoms with Crippen LogP contribution in [0.5, 0.6) is 0 Å². The summed E-state index contributed by atoms with van der Waals surface area (Å²) in [7, 11) is 0. The Morgan fingerprint density at radius 2 is 1.57 bits per heavy atom. The van der Waals surface area contributed by atoms with Gasteiger partial charge in [0.15, 0.2) is 0 Å². The largest absolute Gasteiger partial charge is 0.119 e. The van der Waals surface area contributed by atoms with Crippen molar-refractivity contribution in [2.24, 2.45) is 17.8 Å². The molecule has 2 saturated carbocycles. The fraction of sp³-hybridized carbons (Fsp3) is 0.643. The molecule has 2 aliphatic carbocycles. The van der Waals surface area contributed by atoms with Crippen molar-refractivity contribution >= 4 is 0 Å². The summed E-state index contributed by atoms with van der Waals surface area (Å²) in [5, 5.41) is 0. The van der Waals surface area contributed by atoms with E-state index in [1.165, 1.54) is 81.8 Å². The van der Waals surface area contributed by atoms with Crippen molar-refractivity contribution < 1.29 is 0 Å². The lowest BCUT2D eigenvalue weighted by atomic mass is 9.66. The van der Waals surface area contributed by atoms with Crippen LogP contribution in [0.3, 0.4) is 0 Å². The normalized spacial score (nSPS) is 30.5. The second-order valence-electron chi connectivity index (χ2n) is 9.57. The van der Waals surface area contributed by atoms with Crippen molar-refractivity contribution in [1.82, 2.24) is 0 Å². The quantitative estimate of drug-likeness (QED) is 0.320. The Labute approximate surface area is 174 Å². The molecule has 0 atom stereocenters. The number of terminal acetylenes is 1. The van der Waals surface area contributed by atoms with E-state index in [2.05, 4.69) is 49.8 Å². The van der Waals surface area contributed by atoms with E-state index in [4.69, 9.17) is 6.42 Å². The van der Waals surface area contributed by atoms with Gasteiger partial charge in [-0.2, -0.15) is 0 Å². The summed E-state index contributed by atoms with van der Waals surface area (Å²) in [6.45, 7) is 6.18. The standard InChI is InChI=1S/C28H40/c1-4-7-8-24-9-11-25(12-10-24)13-14-26-15-17-27(18-16-26)28(6-3)21-19-23(5-2)20-22-28/h3-4,15-18,23-25H,1,5,7-14,19-22H2,2H3/t23?,24-,25-,28?. The molecule has 0 radical (unpaired) electrons. The zero-order valence-corrected chi connectivity index (χ0v) is 18.1. The van der Waals surface area contributed by atoms with E-state index in [9.17, 15) is 0 Å². The van der Waals surface area contributed by atoms with Crippen LogP contribution in [0.15, 0.2) is 36.9 Å². The van der Waals surface area contributed by atoms with Crippen LogP contribution in [-0.2, 0) is 11.8 Å². The summed E-state index contributed by atoms with van der Waals surface area (Å²) < 4.78 is 0. The van der Waals surface area contributed by atoms with Crippen molar-refractivity contribution in [2.75, 3.05) is 0 Å². The third-order valence-electron chi connectivity index (χ3n) is 7.91. The Morgan fingerprint density at radius 1 is 0.964 bits per heavy atom. The topological polar surface area (TPSA) is 0 Å². The lowest BCUT2D eigenvalue weighted by Gasteiger charge is -2.36. The molecule has 1 aromatic carbocycles. The molecule has 152 valence electrons. The van der Waals surface area contributed by atoms with Gasteiger partial charge >= 0.3 is 0 Å². The summed E-state index contributed by atoms with van der Waals surface area (Å²) >= 11 is 0. The summed E-state index contributed by atoms with van der Waals surface area (Å²) in [5.74, 6) is 5.96. The maximum atomic E-state index is 6.04. The van der Waals surface area contributed by atoms with E-state index >= 15 is 0 Å². The smallest absolute Gasteiger partial charge is 0.0560 e. The molecule has 1 aromatic rings. The van der Waals surface area contributed by atoms with Crippen molar-refractivity contribution in [3.05, 3.63) is 48.0 Å². The van der Waals surface area contributed by atoms with E-state index in [0.29, 0.717) is 0 Å². The average molecular weight is 377 g/mol. The first-order valence-corrected chi connectivity index (χ1v) is 11.9. The van der Waals surface area contributed by atoms with Gasteiger partial charge in [0.1, 0.15) is 0 Å². The lowest BCUT2D eigenvalue weighted by Crippen LogP contribution is -2.30.